The van der Waals surface area contributed by atoms with E-state index in [4.69, 9.17) is 5.11 Å². The summed E-state index contributed by atoms with van der Waals surface area (Å²) in [6, 6.07) is 17.6. The zero-order valence-corrected chi connectivity index (χ0v) is 11.7. The Hall–Kier alpha value is -1.78. The largest absolute Gasteiger partial charge is 0.481 e. The summed E-state index contributed by atoms with van der Waals surface area (Å²) in [4.78, 5) is 12.7. The monoisotopic (exact) mass is 288 g/mol. The molecule has 0 bridgehead atoms. The number of hydrogen-bond donors (Lipinski definition) is 2. The van der Waals surface area contributed by atoms with Crippen molar-refractivity contribution in [3.8, 4) is 0 Å². The molecule has 2 aromatic rings. The van der Waals surface area contributed by atoms with E-state index in [-0.39, 0.29) is 12.8 Å². The Bertz CT molecular complexity index is 552. The van der Waals surface area contributed by atoms with Crippen LogP contribution in [0.4, 0.5) is 0 Å². The van der Waals surface area contributed by atoms with Gasteiger partial charge in [-0.2, -0.15) is 0 Å². The van der Waals surface area contributed by atoms with Crippen molar-refractivity contribution in [1.82, 2.24) is 0 Å². The predicted molar refractivity (Wildman–Crippen MR) is 78.8 cm³/mol. The number of carbonyl (C=O) groups is 1. The minimum atomic E-state index is -0.889. The van der Waals surface area contributed by atoms with E-state index in [1.165, 1.54) is 0 Å². The van der Waals surface area contributed by atoms with Gasteiger partial charge >= 0.3 is 5.97 Å². The average molecular weight is 288 g/mol. The van der Waals surface area contributed by atoms with Crippen LogP contribution in [0.2, 0.25) is 0 Å². The number of carboxylic acid groups (broad SMARTS) is 1. The topological polar surface area (TPSA) is 57.5 Å². The van der Waals surface area contributed by atoms with E-state index in [1.807, 2.05) is 54.6 Å². The van der Waals surface area contributed by atoms with Gasteiger partial charge in [0.25, 0.3) is 0 Å². The van der Waals surface area contributed by atoms with Gasteiger partial charge in [0.05, 0.1) is 6.10 Å². The van der Waals surface area contributed by atoms with Crippen molar-refractivity contribution in [2.75, 3.05) is 0 Å². The Morgan fingerprint density at radius 1 is 1.00 bits per heavy atom. The maximum atomic E-state index is 10.5. The summed E-state index contributed by atoms with van der Waals surface area (Å²) < 4.78 is 0. The second kappa shape index (κ2) is 7.12. The van der Waals surface area contributed by atoms with Crippen LogP contribution >= 0.6 is 11.8 Å². The predicted octanol–water partition coefficient (Wildman–Crippen LogP) is 3.74. The average Bonchev–Trinajstić information content (AvgIpc) is 2.46. The number of aliphatic hydroxyl groups is 1. The molecule has 104 valence electrons. The second-order valence-corrected chi connectivity index (χ2v) is 5.58. The molecule has 2 N–H and O–H groups in total. The molecule has 0 saturated heterocycles. The molecule has 0 aromatic heterocycles. The van der Waals surface area contributed by atoms with Crippen LogP contribution in [0.5, 0.6) is 0 Å². The molecule has 0 amide bonds. The zero-order chi connectivity index (χ0) is 14.4. The Morgan fingerprint density at radius 3 is 2.20 bits per heavy atom. The number of rotatable bonds is 6. The molecule has 4 heteroatoms. The van der Waals surface area contributed by atoms with Crippen molar-refractivity contribution < 1.29 is 15.0 Å². The van der Waals surface area contributed by atoms with Gasteiger partial charge in [-0.05, 0) is 36.2 Å². The standard InChI is InChI=1S/C16H16O3S/c17-15(10-11-16(18)19)12-6-8-14(9-7-12)20-13-4-2-1-3-5-13/h1-9,15,17H,10-11H2,(H,18,19). The molecule has 3 nitrogen and oxygen atoms in total. The summed E-state index contributed by atoms with van der Waals surface area (Å²) in [7, 11) is 0. The fourth-order valence-electron chi connectivity index (χ4n) is 1.81. The molecule has 0 heterocycles. The van der Waals surface area contributed by atoms with E-state index in [1.54, 1.807) is 11.8 Å². The van der Waals surface area contributed by atoms with Gasteiger partial charge in [-0.15, -0.1) is 0 Å². The SMILES string of the molecule is O=C(O)CCC(O)c1ccc(Sc2ccccc2)cc1. The third-order valence-corrected chi connectivity index (χ3v) is 3.89. The first kappa shape index (κ1) is 14.6. The lowest BCUT2D eigenvalue weighted by molar-refractivity contribution is -0.137. The molecule has 0 radical (unpaired) electrons. The fourth-order valence-corrected chi connectivity index (χ4v) is 2.65. The highest BCUT2D eigenvalue weighted by atomic mass is 32.2. The lowest BCUT2D eigenvalue weighted by Crippen LogP contribution is -2.02. The molecular formula is C16H16O3S. The molecular weight excluding hydrogens is 272 g/mol. The van der Waals surface area contributed by atoms with Crippen LogP contribution in [0.1, 0.15) is 24.5 Å². The Balaban J connectivity index is 1.97. The normalized spacial score (nSPS) is 12.1. The zero-order valence-electron chi connectivity index (χ0n) is 10.9. The van der Waals surface area contributed by atoms with Crippen molar-refractivity contribution in [2.24, 2.45) is 0 Å². The van der Waals surface area contributed by atoms with Crippen LogP contribution in [-0.4, -0.2) is 16.2 Å². The Morgan fingerprint density at radius 2 is 1.60 bits per heavy atom. The number of carboxylic acids is 1. The summed E-state index contributed by atoms with van der Waals surface area (Å²) in [6.07, 6.45) is -0.510. The lowest BCUT2D eigenvalue weighted by atomic mass is 10.1. The van der Waals surface area contributed by atoms with Gasteiger partial charge in [0.15, 0.2) is 0 Å². The van der Waals surface area contributed by atoms with E-state index in [9.17, 15) is 9.90 Å². The van der Waals surface area contributed by atoms with Gasteiger partial charge in [-0.3, -0.25) is 4.79 Å². The third kappa shape index (κ3) is 4.40. The van der Waals surface area contributed by atoms with Gasteiger partial charge in [-0.25, -0.2) is 0 Å². The third-order valence-electron chi connectivity index (χ3n) is 2.88. The highest BCUT2D eigenvalue weighted by Gasteiger charge is 2.09. The van der Waals surface area contributed by atoms with Crippen LogP contribution < -0.4 is 0 Å². The van der Waals surface area contributed by atoms with E-state index >= 15 is 0 Å². The second-order valence-electron chi connectivity index (χ2n) is 4.43. The number of aliphatic hydroxyl groups excluding tert-OH is 1. The molecule has 1 unspecified atom stereocenters. The highest BCUT2D eigenvalue weighted by Crippen LogP contribution is 2.28. The molecule has 0 spiro atoms. The first-order valence-corrected chi connectivity index (χ1v) is 7.19. The molecule has 0 aliphatic carbocycles. The molecule has 2 rings (SSSR count). The quantitative estimate of drug-likeness (QED) is 0.850. The summed E-state index contributed by atoms with van der Waals surface area (Å²) in [5, 5.41) is 18.5. The van der Waals surface area contributed by atoms with Gasteiger partial charge in [0, 0.05) is 16.2 Å². The summed E-state index contributed by atoms with van der Waals surface area (Å²) in [5.74, 6) is -0.889. The number of hydrogen-bond acceptors (Lipinski definition) is 3. The van der Waals surface area contributed by atoms with Crippen molar-refractivity contribution in [1.29, 1.82) is 0 Å². The van der Waals surface area contributed by atoms with Crippen LogP contribution in [0, 0.1) is 0 Å². The van der Waals surface area contributed by atoms with Crippen LogP contribution in [0.3, 0.4) is 0 Å². The first-order chi connectivity index (χ1) is 9.65. The summed E-state index contributed by atoms with van der Waals surface area (Å²) in [6.45, 7) is 0. The number of benzene rings is 2. The van der Waals surface area contributed by atoms with Gasteiger partial charge in [0.2, 0.25) is 0 Å². The van der Waals surface area contributed by atoms with Gasteiger partial charge in [-0.1, -0.05) is 42.1 Å². The molecule has 20 heavy (non-hydrogen) atoms. The lowest BCUT2D eigenvalue weighted by Gasteiger charge is -2.10. The molecule has 0 aliphatic heterocycles. The van der Waals surface area contributed by atoms with E-state index in [0.29, 0.717) is 0 Å². The molecule has 2 aromatic carbocycles. The molecule has 1 atom stereocenters. The molecule has 0 saturated carbocycles. The van der Waals surface area contributed by atoms with Crippen LogP contribution in [0.25, 0.3) is 0 Å². The number of aliphatic carboxylic acids is 1. The van der Waals surface area contributed by atoms with Gasteiger partial charge in [0.1, 0.15) is 0 Å². The Labute approximate surface area is 122 Å². The first-order valence-electron chi connectivity index (χ1n) is 6.38. The Kier molecular flexibility index (Phi) is 5.21. The van der Waals surface area contributed by atoms with E-state index in [0.717, 1.165) is 15.4 Å². The minimum absolute atomic E-state index is 0.0261. The van der Waals surface area contributed by atoms with Gasteiger partial charge < -0.3 is 10.2 Å². The van der Waals surface area contributed by atoms with Crippen LogP contribution in [0.15, 0.2) is 64.4 Å². The van der Waals surface area contributed by atoms with E-state index < -0.39 is 12.1 Å². The van der Waals surface area contributed by atoms with Crippen molar-refractivity contribution in [3.05, 3.63) is 60.2 Å². The van der Waals surface area contributed by atoms with Crippen molar-refractivity contribution in [3.63, 3.8) is 0 Å². The van der Waals surface area contributed by atoms with Crippen molar-refractivity contribution >= 4 is 17.7 Å². The molecule has 0 fully saturated rings. The molecule has 0 aliphatic rings. The fraction of sp³-hybridized carbons (Fsp3) is 0.188. The van der Waals surface area contributed by atoms with E-state index in [2.05, 4.69) is 0 Å². The smallest absolute Gasteiger partial charge is 0.303 e. The highest BCUT2D eigenvalue weighted by molar-refractivity contribution is 7.99. The summed E-state index contributed by atoms with van der Waals surface area (Å²) >= 11 is 1.65. The van der Waals surface area contributed by atoms with Crippen LogP contribution in [-0.2, 0) is 4.79 Å². The minimum Gasteiger partial charge on any atom is -0.481 e. The summed E-state index contributed by atoms with van der Waals surface area (Å²) in [5.41, 5.74) is 0.753. The maximum absolute atomic E-state index is 10.5. The van der Waals surface area contributed by atoms with Crippen molar-refractivity contribution in [2.45, 2.75) is 28.7 Å². The maximum Gasteiger partial charge on any atom is 0.303 e.